The number of urea groups is 1. The van der Waals surface area contributed by atoms with Crippen LogP contribution in [0.15, 0.2) is 24.3 Å². The van der Waals surface area contributed by atoms with Crippen molar-refractivity contribution >= 4 is 17.7 Å². The lowest BCUT2D eigenvalue weighted by Gasteiger charge is -2.10. The van der Waals surface area contributed by atoms with Gasteiger partial charge < -0.3 is 20.5 Å². The first-order chi connectivity index (χ1) is 9.52. The van der Waals surface area contributed by atoms with Crippen LogP contribution < -0.4 is 10.6 Å². The minimum absolute atomic E-state index is 0.0743. The van der Waals surface area contributed by atoms with Gasteiger partial charge in [0.05, 0.1) is 12.5 Å². The Bertz CT molecular complexity index is 462. The van der Waals surface area contributed by atoms with Crippen LogP contribution in [-0.4, -0.2) is 30.3 Å². The molecule has 0 aromatic heterocycles. The van der Waals surface area contributed by atoms with Crippen molar-refractivity contribution in [3.05, 3.63) is 24.3 Å². The fourth-order valence-corrected chi connectivity index (χ4v) is 1.38. The lowest BCUT2D eigenvalue weighted by molar-refractivity contribution is -0.147. The molecule has 2 amide bonds. The summed E-state index contributed by atoms with van der Waals surface area (Å²) in [7, 11) is 0. The van der Waals surface area contributed by atoms with E-state index in [4.69, 9.17) is 4.74 Å². The summed E-state index contributed by atoms with van der Waals surface area (Å²) < 4.78 is 4.99. The molecule has 0 fully saturated rings. The second-order valence-electron chi connectivity index (χ2n) is 4.41. The Hall–Kier alpha value is -2.24. The lowest BCUT2D eigenvalue weighted by Crippen LogP contribution is -2.32. The number of carbonyl (C=O) groups excluding carboxylic acids is 2. The van der Waals surface area contributed by atoms with Crippen molar-refractivity contribution in [3.8, 4) is 5.75 Å². The predicted molar refractivity (Wildman–Crippen MR) is 75.5 cm³/mol. The maximum absolute atomic E-state index is 11.5. The molecule has 0 aliphatic rings. The molecule has 6 heteroatoms. The number of benzene rings is 1. The zero-order valence-corrected chi connectivity index (χ0v) is 11.7. The molecule has 110 valence electrons. The highest BCUT2D eigenvalue weighted by Crippen LogP contribution is 2.14. The Morgan fingerprint density at radius 1 is 1.40 bits per heavy atom. The van der Waals surface area contributed by atoms with Crippen molar-refractivity contribution in [1.29, 1.82) is 0 Å². The fourth-order valence-electron chi connectivity index (χ4n) is 1.38. The summed E-state index contributed by atoms with van der Waals surface area (Å²) in [6.07, 6.45) is 0.726. The van der Waals surface area contributed by atoms with Crippen LogP contribution in [0.4, 0.5) is 10.5 Å². The van der Waals surface area contributed by atoms with Gasteiger partial charge in [0.2, 0.25) is 0 Å². The van der Waals surface area contributed by atoms with Crippen LogP contribution in [0.25, 0.3) is 0 Å². The molecule has 20 heavy (non-hydrogen) atoms. The first kappa shape index (κ1) is 15.8. The number of phenolic OH excluding ortho intramolecular Hbond substituents is 1. The Morgan fingerprint density at radius 2 is 2.15 bits per heavy atom. The average molecular weight is 280 g/mol. The molecule has 1 aromatic rings. The second kappa shape index (κ2) is 8.04. The first-order valence-corrected chi connectivity index (χ1v) is 6.53. The van der Waals surface area contributed by atoms with Gasteiger partial charge in [0.1, 0.15) is 12.4 Å². The Kier molecular flexibility index (Phi) is 6.36. The SMILES string of the molecule is CCC(C)C(=O)OCCNC(=O)Nc1cccc(O)c1. The molecule has 0 aliphatic heterocycles. The summed E-state index contributed by atoms with van der Waals surface area (Å²) >= 11 is 0. The fraction of sp³-hybridized carbons (Fsp3) is 0.429. The molecule has 0 aliphatic carbocycles. The predicted octanol–water partition coefficient (Wildman–Crippen LogP) is 2.10. The van der Waals surface area contributed by atoms with E-state index in [9.17, 15) is 14.7 Å². The molecule has 0 spiro atoms. The summed E-state index contributed by atoms with van der Waals surface area (Å²) in [4.78, 5) is 22.9. The molecule has 0 bridgehead atoms. The standard InChI is InChI=1S/C14H20N2O4/c1-3-10(2)13(18)20-8-7-15-14(19)16-11-5-4-6-12(17)9-11/h4-6,9-10,17H,3,7-8H2,1-2H3,(H2,15,16,19). The molecule has 1 aromatic carbocycles. The zero-order chi connectivity index (χ0) is 15.0. The molecule has 0 heterocycles. The van der Waals surface area contributed by atoms with Gasteiger partial charge in [-0.15, -0.1) is 0 Å². The van der Waals surface area contributed by atoms with E-state index in [2.05, 4.69) is 10.6 Å². The van der Waals surface area contributed by atoms with Crippen molar-refractivity contribution in [2.75, 3.05) is 18.5 Å². The third-order valence-electron chi connectivity index (χ3n) is 2.75. The van der Waals surface area contributed by atoms with Gasteiger partial charge in [-0.3, -0.25) is 4.79 Å². The van der Waals surface area contributed by atoms with Crippen molar-refractivity contribution in [1.82, 2.24) is 5.32 Å². The summed E-state index contributed by atoms with van der Waals surface area (Å²) in [5.74, 6) is -0.316. The van der Waals surface area contributed by atoms with Crippen LogP contribution in [-0.2, 0) is 9.53 Å². The van der Waals surface area contributed by atoms with E-state index < -0.39 is 6.03 Å². The molecule has 1 unspecified atom stereocenters. The monoisotopic (exact) mass is 280 g/mol. The minimum atomic E-state index is -0.421. The van der Waals surface area contributed by atoms with Crippen molar-refractivity contribution in [2.24, 2.45) is 5.92 Å². The van der Waals surface area contributed by atoms with E-state index in [0.29, 0.717) is 5.69 Å². The maximum Gasteiger partial charge on any atom is 0.319 e. The van der Waals surface area contributed by atoms with Crippen molar-refractivity contribution in [2.45, 2.75) is 20.3 Å². The summed E-state index contributed by atoms with van der Waals surface area (Å²) in [5.41, 5.74) is 0.485. The minimum Gasteiger partial charge on any atom is -0.508 e. The number of carbonyl (C=O) groups is 2. The van der Waals surface area contributed by atoms with Gasteiger partial charge in [0.25, 0.3) is 0 Å². The van der Waals surface area contributed by atoms with Crippen molar-refractivity contribution < 1.29 is 19.4 Å². The summed E-state index contributed by atoms with van der Waals surface area (Å²) in [5, 5.41) is 14.4. The molecule has 0 radical (unpaired) electrons. The topological polar surface area (TPSA) is 87.7 Å². The number of rotatable bonds is 6. The molecule has 3 N–H and O–H groups in total. The van der Waals surface area contributed by atoms with Gasteiger partial charge in [0, 0.05) is 11.8 Å². The van der Waals surface area contributed by atoms with Crippen LogP contribution in [0.5, 0.6) is 5.75 Å². The highest BCUT2D eigenvalue weighted by atomic mass is 16.5. The number of anilines is 1. The molecule has 0 saturated carbocycles. The van der Waals surface area contributed by atoms with Gasteiger partial charge >= 0.3 is 12.0 Å². The third kappa shape index (κ3) is 5.60. The Morgan fingerprint density at radius 3 is 2.80 bits per heavy atom. The Labute approximate surface area is 118 Å². The number of phenols is 1. The first-order valence-electron chi connectivity index (χ1n) is 6.53. The number of hydrogen-bond donors (Lipinski definition) is 3. The molecule has 6 nitrogen and oxygen atoms in total. The molecular formula is C14H20N2O4. The number of amides is 2. The van der Waals surface area contributed by atoms with Gasteiger partial charge in [-0.2, -0.15) is 0 Å². The van der Waals surface area contributed by atoms with Gasteiger partial charge in [0.15, 0.2) is 0 Å². The lowest BCUT2D eigenvalue weighted by atomic mass is 10.1. The van der Waals surface area contributed by atoms with Crippen LogP contribution in [0, 0.1) is 5.92 Å². The van der Waals surface area contributed by atoms with E-state index >= 15 is 0 Å². The van der Waals surface area contributed by atoms with Crippen LogP contribution >= 0.6 is 0 Å². The molecule has 0 saturated heterocycles. The smallest absolute Gasteiger partial charge is 0.319 e. The number of hydrogen-bond acceptors (Lipinski definition) is 4. The van der Waals surface area contributed by atoms with Gasteiger partial charge in [-0.25, -0.2) is 4.79 Å². The van der Waals surface area contributed by atoms with Crippen LogP contribution in [0.1, 0.15) is 20.3 Å². The van der Waals surface area contributed by atoms with Gasteiger partial charge in [-0.1, -0.05) is 19.9 Å². The quantitative estimate of drug-likeness (QED) is 0.550. The van der Waals surface area contributed by atoms with Gasteiger partial charge in [-0.05, 0) is 18.6 Å². The molecular weight excluding hydrogens is 260 g/mol. The van der Waals surface area contributed by atoms with E-state index in [1.807, 2.05) is 6.92 Å². The number of nitrogens with one attached hydrogen (secondary N) is 2. The van der Waals surface area contributed by atoms with Crippen LogP contribution in [0.2, 0.25) is 0 Å². The Balaban J connectivity index is 2.22. The summed E-state index contributed by atoms with van der Waals surface area (Å²) in [6, 6.07) is 5.80. The van der Waals surface area contributed by atoms with Crippen molar-refractivity contribution in [3.63, 3.8) is 0 Å². The van der Waals surface area contributed by atoms with E-state index in [1.54, 1.807) is 19.1 Å². The van der Waals surface area contributed by atoms with E-state index in [-0.39, 0.29) is 30.8 Å². The number of ether oxygens (including phenoxy) is 1. The zero-order valence-electron chi connectivity index (χ0n) is 11.7. The normalized spacial score (nSPS) is 11.5. The molecule has 1 rings (SSSR count). The van der Waals surface area contributed by atoms with E-state index in [0.717, 1.165) is 6.42 Å². The maximum atomic E-state index is 11.5. The second-order valence-corrected chi connectivity index (χ2v) is 4.41. The summed E-state index contributed by atoms with van der Waals surface area (Å²) in [6.45, 7) is 4.07. The largest absolute Gasteiger partial charge is 0.508 e. The third-order valence-corrected chi connectivity index (χ3v) is 2.75. The average Bonchev–Trinajstić information content (AvgIpc) is 2.42. The number of esters is 1. The van der Waals surface area contributed by atoms with E-state index in [1.165, 1.54) is 12.1 Å². The highest BCUT2D eigenvalue weighted by molar-refractivity contribution is 5.89. The molecule has 1 atom stereocenters. The highest BCUT2D eigenvalue weighted by Gasteiger charge is 2.11. The number of aromatic hydroxyl groups is 1. The van der Waals surface area contributed by atoms with Crippen LogP contribution in [0.3, 0.4) is 0 Å².